The number of hydrogen-bond donors (Lipinski definition) is 1. The van der Waals surface area contributed by atoms with Crippen LogP contribution in [0.15, 0.2) is 54.6 Å². The number of nitrogens with zero attached hydrogens (tertiary/aromatic N) is 6. The van der Waals surface area contributed by atoms with E-state index >= 15 is 0 Å². The molecule has 1 N–H and O–H groups in total. The van der Waals surface area contributed by atoms with Crippen molar-refractivity contribution in [2.24, 2.45) is 0 Å². The molecule has 0 spiro atoms. The third-order valence-corrected chi connectivity index (χ3v) is 4.71. The van der Waals surface area contributed by atoms with Gasteiger partial charge in [-0.3, -0.25) is 0 Å². The van der Waals surface area contributed by atoms with E-state index in [9.17, 15) is 5.11 Å². The molecule has 7 nitrogen and oxygen atoms in total. The summed E-state index contributed by atoms with van der Waals surface area (Å²) < 4.78 is 0. The van der Waals surface area contributed by atoms with E-state index in [0.717, 1.165) is 39.6 Å². The molecule has 0 unspecified atom stereocenters. The second-order valence-corrected chi connectivity index (χ2v) is 6.45. The largest absolute Gasteiger partial charge is 0.506 e. The van der Waals surface area contributed by atoms with Crippen LogP contribution >= 0.6 is 0 Å². The summed E-state index contributed by atoms with van der Waals surface area (Å²) in [5.74, 6) is 0.0694. The maximum Gasteiger partial charge on any atom is 0.155 e. The van der Waals surface area contributed by atoms with Gasteiger partial charge in [-0.1, -0.05) is 18.2 Å². The van der Waals surface area contributed by atoms with E-state index < -0.39 is 0 Å². The molecule has 0 amide bonds. The van der Waals surface area contributed by atoms with Crippen LogP contribution < -0.4 is 0 Å². The maximum atomic E-state index is 10.5. The molecule has 7 heteroatoms. The Hall–Kier alpha value is -3.74. The number of fused-ring (bicyclic) bond motifs is 7. The summed E-state index contributed by atoms with van der Waals surface area (Å²) in [5.41, 5.74) is 6.53. The number of aromatic nitrogens is 6. The van der Waals surface area contributed by atoms with E-state index in [1.165, 1.54) is 9.59 Å². The van der Waals surface area contributed by atoms with Gasteiger partial charge in [-0.2, -0.15) is 0 Å². The zero-order valence-corrected chi connectivity index (χ0v) is 13.5. The summed E-state index contributed by atoms with van der Waals surface area (Å²) in [6.07, 6.45) is 0.782. The van der Waals surface area contributed by atoms with Crippen LogP contribution in [0.4, 0.5) is 0 Å². The van der Waals surface area contributed by atoms with E-state index in [0.29, 0.717) is 11.4 Å². The Morgan fingerprint density at radius 3 is 2.04 bits per heavy atom. The van der Waals surface area contributed by atoms with Crippen molar-refractivity contribution in [2.75, 3.05) is 0 Å². The Morgan fingerprint density at radius 1 is 0.692 bits per heavy atom. The van der Waals surface area contributed by atoms with Gasteiger partial charge >= 0.3 is 0 Å². The molecule has 26 heavy (non-hydrogen) atoms. The predicted molar refractivity (Wildman–Crippen MR) is 95.8 cm³/mol. The lowest BCUT2D eigenvalue weighted by molar-refractivity contribution is 0.466. The van der Waals surface area contributed by atoms with Crippen LogP contribution in [0.2, 0.25) is 0 Å². The van der Waals surface area contributed by atoms with Gasteiger partial charge in [-0.05, 0) is 53.9 Å². The molecule has 0 aliphatic carbocycles. The fraction of sp³-hybridized carbons (Fsp3) is 0.0526. The molecule has 2 aromatic heterocycles. The summed E-state index contributed by atoms with van der Waals surface area (Å²) >= 11 is 0. The highest BCUT2D eigenvalue weighted by atomic mass is 16.3. The highest BCUT2D eigenvalue weighted by molar-refractivity contribution is 5.77. The van der Waals surface area contributed by atoms with Crippen molar-refractivity contribution in [2.45, 2.75) is 6.42 Å². The molecule has 3 heterocycles. The molecule has 0 saturated carbocycles. The monoisotopic (exact) mass is 340 g/mol. The van der Waals surface area contributed by atoms with E-state index in [1.54, 1.807) is 12.1 Å². The molecular formula is C19H12N6O. The van der Waals surface area contributed by atoms with Gasteiger partial charge in [-0.15, -0.1) is 30.0 Å². The first-order valence-corrected chi connectivity index (χ1v) is 8.29. The minimum absolute atomic E-state index is 0.0694. The summed E-state index contributed by atoms with van der Waals surface area (Å²) in [5, 5.41) is 28.8. The number of phenolic OH excluding ortho intramolecular Hbond substituents is 1. The second-order valence-electron chi connectivity index (χ2n) is 6.45. The lowest BCUT2D eigenvalue weighted by atomic mass is 10.0. The smallest absolute Gasteiger partial charge is 0.155 e. The van der Waals surface area contributed by atoms with Gasteiger partial charge in [0.25, 0.3) is 0 Å². The first-order chi connectivity index (χ1) is 12.7. The van der Waals surface area contributed by atoms with Gasteiger partial charge in [0.2, 0.25) is 0 Å². The van der Waals surface area contributed by atoms with E-state index in [-0.39, 0.29) is 5.75 Å². The number of benzene rings is 3. The van der Waals surface area contributed by atoms with Gasteiger partial charge in [0.15, 0.2) is 5.69 Å². The number of rotatable bonds is 0. The Balaban J connectivity index is 1.79. The summed E-state index contributed by atoms with van der Waals surface area (Å²) in [7, 11) is 0. The van der Waals surface area contributed by atoms with Crippen LogP contribution in [0, 0.1) is 0 Å². The van der Waals surface area contributed by atoms with Crippen molar-refractivity contribution in [1.82, 2.24) is 30.0 Å². The van der Waals surface area contributed by atoms with Gasteiger partial charge < -0.3 is 5.11 Å². The van der Waals surface area contributed by atoms with Crippen molar-refractivity contribution >= 4 is 22.1 Å². The van der Waals surface area contributed by atoms with Gasteiger partial charge in [0.1, 0.15) is 33.5 Å². The minimum atomic E-state index is 0.0694. The molecule has 6 rings (SSSR count). The summed E-state index contributed by atoms with van der Waals surface area (Å²) in [6, 6.07) is 17.4. The normalized spacial score (nSPS) is 12.6. The molecule has 1 aliphatic rings. The summed E-state index contributed by atoms with van der Waals surface area (Å²) in [6.45, 7) is 0. The van der Waals surface area contributed by atoms with Crippen LogP contribution in [-0.4, -0.2) is 35.1 Å². The minimum Gasteiger partial charge on any atom is -0.506 e. The van der Waals surface area contributed by atoms with Gasteiger partial charge in [-0.25, -0.2) is 0 Å². The van der Waals surface area contributed by atoms with E-state index in [1.807, 2.05) is 24.3 Å². The molecule has 0 radical (unpaired) electrons. The van der Waals surface area contributed by atoms with Gasteiger partial charge in [0.05, 0.1) is 0 Å². The summed E-state index contributed by atoms with van der Waals surface area (Å²) in [4.78, 5) is 2.98. The fourth-order valence-electron chi connectivity index (χ4n) is 3.47. The van der Waals surface area contributed by atoms with Crippen LogP contribution in [0.5, 0.6) is 5.75 Å². The number of aromatic hydroxyl groups is 1. The molecule has 0 fully saturated rings. The highest BCUT2D eigenvalue weighted by Gasteiger charge is 2.18. The Bertz CT molecular complexity index is 1330. The quantitative estimate of drug-likeness (QED) is 0.460. The molecule has 3 aromatic carbocycles. The molecule has 0 atom stereocenters. The molecule has 6 bridgehead atoms. The predicted octanol–water partition coefficient (Wildman–Crippen LogP) is 2.76. The van der Waals surface area contributed by atoms with Gasteiger partial charge in [0, 0.05) is 0 Å². The lowest BCUT2D eigenvalue weighted by Gasteiger charge is -2.08. The van der Waals surface area contributed by atoms with Crippen LogP contribution in [0.1, 0.15) is 11.1 Å². The number of phenols is 1. The highest BCUT2D eigenvalue weighted by Crippen LogP contribution is 2.29. The first kappa shape index (κ1) is 13.5. The Morgan fingerprint density at radius 2 is 1.31 bits per heavy atom. The lowest BCUT2D eigenvalue weighted by Crippen LogP contribution is -2.08. The van der Waals surface area contributed by atoms with Crippen LogP contribution in [0.25, 0.3) is 33.4 Å². The average molecular weight is 340 g/mol. The van der Waals surface area contributed by atoms with Crippen molar-refractivity contribution in [1.29, 1.82) is 0 Å². The molecule has 124 valence electrons. The van der Waals surface area contributed by atoms with Crippen LogP contribution in [0.3, 0.4) is 0 Å². The zero-order valence-electron chi connectivity index (χ0n) is 13.5. The van der Waals surface area contributed by atoms with Crippen molar-refractivity contribution in [3.63, 3.8) is 0 Å². The van der Waals surface area contributed by atoms with E-state index in [4.69, 9.17) is 0 Å². The maximum absolute atomic E-state index is 10.5. The topological polar surface area (TPSA) is 81.6 Å². The first-order valence-electron chi connectivity index (χ1n) is 8.29. The second kappa shape index (κ2) is 4.66. The fourth-order valence-corrected chi connectivity index (χ4v) is 3.47. The molecule has 1 aliphatic heterocycles. The molecule has 0 saturated heterocycles. The average Bonchev–Trinajstić information content (AvgIpc) is 3.23. The number of para-hydroxylation sites is 1. The third-order valence-electron chi connectivity index (χ3n) is 4.71. The number of hydrogen-bond acceptors (Lipinski definition) is 5. The molecule has 5 aromatic rings. The Labute approximate surface area is 147 Å². The van der Waals surface area contributed by atoms with E-state index in [2.05, 4.69) is 38.6 Å². The van der Waals surface area contributed by atoms with Crippen molar-refractivity contribution in [3.8, 4) is 17.1 Å². The van der Waals surface area contributed by atoms with Crippen LogP contribution in [-0.2, 0) is 6.42 Å². The SMILES string of the molecule is Oc1cccc2c1-n1nc3ccc(cc3n1)Cc1ccc3nn-2nc3c1. The van der Waals surface area contributed by atoms with Crippen molar-refractivity contribution in [3.05, 3.63) is 65.7 Å². The van der Waals surface area contributed by atoms with Crippen molar-refractivity contribution < 1.29 is 5.11 Å². The third kappa shape index (κ3) is 1.82. The zero-order chi connectivity index (χ0) is 17.3. The molecular weight excluding hydrogens is 328 g/mol. The Kier molecular flexibility index (Phi) is 2.43. The standard InChI is InChI=1S/C19H12N6O/c26-18-3-1-2-17-19(18)25-21-14-7-5-12(10-16(14)23-25)8-11-4-6-13-15(9-11)22-24(17)20-13/h1-7,9-10,26H,8H2.